The summed E-state index contributed by atoms with van der Waals surface area (Å²) in [5, 5.41) is 0. The summed E-state index contributed by atoms with van der Waals surface area (Å²) in [6.45, 7) is 2.67. The van der Waals surface area contributed by atoms with E-state index >= 15 is 0 Å². The van der Waals surface area contributed by atoms with E-state index in [1.54, 1.807) is 0 Å². The zero-order valence-corrected chi connectivity index (χ0v) is 15.5. The maximum atomic E-state index is 12.8. The third-order valence-electron chi connectivity index (χ3n) is 5.03. The summed E-state index contributed by atoms with van der Waals surface area (Å²) in [6.07, 6.45) is 3.26. The first-order valence-electron chi connectivity index (χ1n) is 8.83. The average Bonchev–Trinajstić information content (AvgIpc) is 2.61. The SMILES string of the molecule is CS(=O)(=O)N1CCC(C(=O)N2CCOC(Cc3ccccc3)C2)CC1. The van der Waals surface area contributed by atoms with Crippen LogP contribution in [0.4, 0.5) is 0 Å². The predicted octanol–water partition coefficient (Wildman–Crippen LogP) is 1.13. The lowest BCUT2D eigenvalue weighted by molar-refractivity contribution is -0.144. The lowest BCUT2D eigenvalue weighted by Gasteiger charge is -2.37. The first-order valence-corrected chi connectivity index (χ1v) is 10.7. The molecule has 0 radical (unpaired) electrons. The van der Waals surface area contributed by atoms with E-state index in [-0.39, 0.29) is 17.9 Å². The molecule has 138 valence electrons. The van der Waals surface area contributed by atoms with E-state index in [2.05, 4.69) is 12.1 Å². The van der Waals surface area contributed by atoms with Crippen LogP contribution in [0, 0.1) is 5.92 Å². The number of sulfonamides is 1. The Morgan fingerprint density at radius 1 is 1.16 bits per heavy atom. The molecule has 6 nitrogen and oxygen atoms in total. The molecule has 1 atom stereocenters. The van der Waals surface area contributed by atoms with Crippen LogP contribution >= 0.6 is 0 Å². The second-order valence-electron chi connectivity index (χ2n) is 6.90. The van der Waals surface area contributed by atoms with E-state index in [9.17, 15) is 13.2 Å². The van der Waals surface area contributed by atoms with Gasteiger partial charge in [-0.25, -0.2) is 12.7 Å². The van der Waals surface area contributed by atoms with Crippen LogP contribution in [0.1, 0.15) is 18.4 Å². The Kier molecular flexibility index (Phi) is 5.76. The molecule has 0 bridgehead atoms. The van der Waals surface area contributed by atoms with Crippen molar-refractivity contribution in [1.29, 1.82) is 0 Å². The number of benzene rings is 1. The van der Waals surface area contributed by atoms with Crippen LogP contribution in [0.5, 0.6) is 0 Å². The minimum absolute atomic E-state index is 0.0243. The molecule has 0 spiro atoms. The fraction of sp³-hybridized carbons (Fsp3) is 0.611. The van der Waals surface area contributed by atoms with Crippen LogP contribution in [0.25, 0.3) is 0 Å². The van der Waals surface area contributed by atoms with Gasteiger partial charge in [0.25, 0.3) is 0 Å². The molecule has 3 rings (SSSR count). The third kappa shape index (κ3) is 4.80. The number of nitrogens with zero attached hydrogens (tertiary/aromatic N) is 2. The van der Waals surface area contributed by atoms with Crippen LogP contribution in [-0.2, 0) is 26.0 Å². The lowest BCUT2D eigenvalue weighted by Crippen LogP contribution is -2.50. The van der Waals surface area contributed by atoms with Crippen molar-refractivity contribution in [1.82, 2.24) is 9.21 Å². The van der Waals surface area contributed by atoms with Crippen LogP contribution < -0.4 is 0 Å². The van der Waals surface area contributed by atoms with Crippen LogP contribution in [0.15, 0.2) is 30.3 Å². The number of rotatable bonds is 4. The molecule has 2 aliphatic rings. The second-order valence-corrected chi connectivity index (χ2v) is 8.89. The molecule has 0 N–H and O–H groups in total. The number of hydrogen-bond acceptors (Lipinski definition) is 4. The highest BCUT2D eigenvalue weighted by Gasteiger charge is 2.33. The fourth-order valence-corrected chi connectivity index (χ4v) is 4.49. The molecule has 1 unspecified atom stereocenters. The van der Waals surface area contributed by atoms with Gasteiger partial charge in [-0.2, -0.15) is 0 Å². The number of ether oxygens (including phenoxy) is 1. The van der Waals surface area contributed by atoms with Gasteiger partial charge >= 0.3 is 0 Å². The molecule has 1 aromatic rings. The van der Waals surface area contributed by atoms with Crippen molar-refractivity contribution in [2.24, 2.45) is 5.92 Å². The highest BCUT2D eigenvalue weighted by atomic mass is 32.2. The van der Waals surface area contributed by atoms with Crippen molar-refractivity contribution >= 4 is 15.9 Å². The molecule has 1 aromatic carbocycles. The van der Waals surface area contributed by atoms with E-state index in [4.69, 9.17) is 4.74 Å². The minimum atomic E-state index is -3.15. The Morgan fingerprint density at radius 2 is 1.84 bits per heavy atom. The predicted molar refractivity (Wildman–Crippen MR) is 95.6 cm³/mol. The Labute approximate surface area is 149 Å². The normalized spacial score (nSPS) is 23.6. The molecule has 25 heavy (non-hydrogen) atoms. The van der Waals surface area contributed by atoms with Crippen molar-refractivity contribution in [3.63, 3.8) is 0 Å². The smallest absolute Gasteiger partial charge is 0.225 e. The molecule has 2 heterocycles. The van der Waals surface area contributed by atoms with Gasteiger partial charge in [-0.1, -0.05) is 30.3 Å². The minimum Gasteiger partial charge on any atom is -0.374 e. The number of amides is 1. The van der Waals surface area contributed by atoms with Crippen molar-refractivity contribution in [3.05, 3.63) is 35.9 Å². The first-order chi connectivity index (χ1) is 11.9. The molecule has 2 saturated heterocycles. The maximum absolute atomic E-state index is 12.8. The van der Waals surface area contributed by atoms with Crippen molar-refractivity contribution in [2.75, 3.05) is 39.0 Å². The number of carbonyl (C=O) groups is 1. The number of hydrogen-bond donors (Lipinski definition) is 0. The van der Waals surface area contributed by atoms with Gasteiger partial charge in [-0.05, 0) is 18.4 Å². The Bertz CT molecular complexity index is 684. The quantitative estimate of drug-likeness (QED) is 0.801. The zero-order valence-electron chi connectivity index (χ0n) is 14.6. The zero-order chi connectivity index (χ0) is 17.9. The van der Waals surface area contributed by atoms with Crippen molar-refractivity contribution < 1.29 is 17.9 Å². The molecular weight excluding hydrogens is 340 g/mol. The average molecular weight is 366 g/mol. The van der Waals surface area contributed by atoms with E-state index in [1.165, 1.54) is 16.1 Å². The summed E-state index contributed by atoms with van der Waals surface area (Å²) in [6, 6.07) is 10.2. The van der Waals surface area contributed by atoms with Gasteiger partial charge in [-0.15, -0.1) is 0 Å². The maximum Gasteiger partial charge on any atom is 0.225 e. The highest BCUT2D eigenvalue weighted by molar-refractivity contribution is 7.88. The third-order valence-corrected chi connectivity index (χ3v) is 6.33. The monoisotopic (exact) mass is 366 g/mol. The first kappa shape index (κ1) is 18.4. The topological polar surface area (TPSA) is 66.9 Å². The van der Waals surface area contributed by atoms with Crippen molar-refractivity contribution in [3.8, 4) is 0 Å². The van der Waals surface area contributed by atoms with E-state index in [0.29, 0.717) is 45.6 Å². The number of carbonyl (C=O) groups excluding carboxylic acids is 1. The summed E-state index contributed by atoms with van der Waals surface area (Å²) >= 11 is 0. The summed E-state index contributed by atoms with van der Waals surface area (Å²) in [5.41, 5.74) is 1.21. The van der Waals surface area contributed by atoms with E-state index in [0.717, 1.165) is 6.42 Å². The van der Waals surface area contributed by atoms with Gasteiger partial charge in [0, 0.05) is 38.5 Å². The van der Waals surface area contributed by atoms with E-state index in [1.807, 2.05) is 23.1 Å². The molecule has 1 amide bonds. The van der Waals surface area contributed by atoms with Crippen molar-refractivity contribution in [2.45, 2.75) is 25.4 Å². The molecular formula is C18H26N2O4S. The van der Waals surface area contributed by atoms with Gasteiger partial charge in [0.1, 0.15) is 0 Å². The fourth-order valence-electron chi connectivity index (χ4n) is 3.61. The summed E-state index contributed by atoms with van der Waals surface area (Å²) < 4.78 is 30.5. The Hall–Kier alpha value is -1.44. The molecule has 0 aliphatic carbocycles. The molecule has 2 aliphatic heterocycles. The van der Waals surface area contributed by atoms with Gasteiger partial charge in [-0.3, -0.25) is 4.79 Å². The number of piperidine rings is 1. The van der Waals surface area contributed by atoms with Crippen LogP contribution in [-0.4, -0.2) is 68.7 Å². The largest absolute Gasteiger partial charge is 0.374 e. The van der Waals surface area contributed by atoms with Crippen LogP contribution in [0.2, 0.25) is 0 Å². The van der Waals surface area contributed by atoms with E-state index < -0.39 is 10.0 Å². The Balaban J connectivity index is 1.54. The molecule has 2 fully saturated rings. The molecule has 0 saturated carbocycles. The molecule has 0 aromatic heterocycles. The summed E-state index contributed by atoms with van der Waals surface area (Å²) in [4.78, 5) is 14.7. The van der Waals surface area contributed by atoms with Crippen LogP contribution in [0.3, 0.4) is 0 Å². The van der Waals surface area contributed by atoms with Gasteiger partial charge < -0.3 is 9.64 Å². The Morgan fingerprint density at radius 3 is 2.48 bits per heavy atom. The second kappa shape index (κ2) is 7.85. The summed E-state index contributed by atoms with van der Waals surface area (Å²) in [7, 11) is -3.15. The van der Waals surface area contributed by atoms with Gasteiger partial charge in [0.2, 0.25) is 15.9 Å². The summed E-state index contributed by atoms with van der Waals surface area (Å²) in [5.74, 6) is 0.0722. The van der Waals surface area contributed by atoms with Gasteiger partial charge in [0.15, 0.2) is 0 Å². The number of morpholine rings is 1. The highest BCUT2D eigenvalue weighted by Crippen LogP contribution is 2.23. The molecule has 7 heteroatoms. The lowest BCUT2D eigenvalue weighted by atomic mass is 9.96. The van der Waals surface area contributed by atoms with Gasteiger partial charge in [0.05, 0.1) is 19.0 Å². The standard InChI is InChI=1S/C18H26N2O4S/c1-25(22,23)20-9-7-16(8-10-20)18(21)19-11-12-24-17(14-19)13-15-5-3-2-4-6-15/h2-6,16-17H,7-14H2,1H3.